The SMILES string of the molecule is CCOC(=O)C1C(C)=NC2=C(C(=O)C[C@@H](c3ccc(OC)cc3)C2)[C@@H]1c1ccccc1F. The van der Waals surface area contributed by atoms with Crippen LogP contribution in [0.4, 0.5) is 4.39 Å². The maximum absolute atomic E-state index is 14.9. The Kier molecular flexibility index (Phi) is 6.21. The molecule has 0 spiro atoms. The highest BCUT2D eigenvalue weighted by atomic mass is 19.1. The summed E-state index contributed by atoms with van der Waals surface area (Å²) in [7, 11) is 1.61. The molecule has 2 aromatic carbocycles. The number of hydrogen-bond donors (Lipinski definition) is 0. The number of ether oxygens (including phenoxy) is 2. The fourth-order valence-electron chi connectivity index (χ4n) is 4.77. The minimum absolute atomic E-state index is 0.0379. The van der Waals surface area contributed by atoms with Crippen molar-refractivity contribution in [1.82, 2.24) is 0 Å². The number of rotatable bonds is 5. The number of allylic oxidation sites excluding steroid dienone is 2. The molecule has 2 aliphatic rings. The number of nitrogens with zero attached hydrogens (tertiary/aromatic N) is 1. The molecule has 5 nitrogen and oxygen atoms in total. The fraction of sp³-hybridized carbons (Fsp3) is 0.346. The second-order valence-corrected chi connectivity index (χ2v) is 8.14. The Morgan fingerprint density at radius 1 is 1.12 bits per heavy atom. The van der Waals surface area contributed by atoms with Gasteiger partial charge < -0.3 is 9.47 Å². The molecule has 4 rings (SSSR count). The number of benzene rings is 2. The van der Waals surface area contributed by atoms with Crippen LogP contribution in [-0.4, -0.2) is 31.2 Å². The first-order valence-corrected chi connectivity index (χ1v) is 10.8. The molecule has 3 atom stereocenters. The molecular formula is C26H26FNO4. The van der Waals surface area contributed by atoms with Gasteiger partial charge in [-0.1, -0.05) is 30.3 Å². The lowest BCUT2D eigenvalue weighted by molar-refractivity contribution is -0.146. The van der Waals surface area contributed by atoms with Crippen LogP contribution in [0.15, 0.2) is 64.8 Å². The Bertz CT molecular complexity index is 1100. The summed E-state index contributed by atoms with van der Waals surface area (Å²) < 4.78 is 25.4. The largest absolute Gasteiger partial charge is 0.497 e. The highest BCUT2D eigenvalue weighted by molar-refractivity contribution is 6.09. The van der Waals surface area contributed by atoms with Gasteiger partial charge in [-0.3, -0.25) is 14.6 Å². The topological polar surface area (TPSA) is 65.0 Å². The lowest BCUT2D eigenvalue weighted by atomic mass is 9.69. The third-order valence-corrected chi connectivity index (χ3v) is 6.26. The summed E-state index contributed by atoms with van der Waals surface area (Å²) in [5, 5.41) is 0. The third kappa shape index (κ3) is 3.97. The van der Waals surface area contributed by atoms with Crippen molar-refractivity contribution in [3.63, 3.8) is 0 Å². The van der Waals surface area contributed by atoms with Gasteiger partial charge in [-0.25, -0.2) is 4.39 Å². The minimum Gasteiger partial charge on any atom is -0.497 e. The predicted octanol–water partition coefficient (Wildman–Crippen LogP) is 4.97. The number of hydrogen-bond acceptors (Lipinski definition) is 5. The van der Waals surface area contributed by atoms with Crippen molar-refractivity contribution in [2.75, 3.05) is 13.7 Å². The minimum atomic E-state index is -0.827. The predicted molar refractivity (Wildman–Crippen MR) is 119 cm³/mol. The van der Waals surface area contributed by atoms with Gasteiger partial charge in [0.05, 0.1) is 13.7 Å². The van der Waals surface area contributed by atoms with E-state index in [0.29, 0.717) is 29.0 Å². The molecule has 1 aliphatic carbocycles. The number of carbonyl (C=O) groups excluding carboxylic acids is 2. The van der Waals surface area contributed by atoms with Crippen molar-refractivity contribution in [2.24, 2.45) is 10.9 Å². The summed E-state index contributed by atoms with van der Waals surface area (Å²) in [5.41, 5.74) is 2.95. The quantitative estimate of drug-likeness (QED) is 0.622. The molecule has 2 aromatic rings. The van der Waals surface area contributed by atoms with Crippen LogP contribution in [0.3, 0.4) is 0 Å². The molecule has 0 N–H and O–H groups in total. The van der Waals surface area contributed by atoms with Crippen molar-refractivity contribution >= 4 is 17.5 Å². The fourth-order valence-corrected chi connectivity index (χ4v) is 4.77. The molecule has 1 aliphatic heterocycles. The lowest BCUT2D eigenvalue weighted by Crippen LogP contribution is -2.38. The molecule has 1 unspecified atom stereocenters. The number of Topliss-reactive ketones (excluding diaryl/α,β-unsaturated/α-hetero) is 1. The average molecular weight is 435 g/mol. The van der Waals surface area contributed by atoms with Crippen LogP contribution in [-0.2, 0) is 14.3 Å². The van der Waals surface area contributed by atoms with Crippen LogP contribution in [0.1, 0.15) is 49.7 Å². The Balaban J connectivity index is 1.78. The van der Waals surface area contributed by atoms with Crippen molar-refractivity contribution in [3.05, 3.63) is 76.7 Å². The van der Waals surface area contributed by atoms with Crippen LogP contribution in [0, 0.1) is 11.7 Å². The van der Waals surface area contributed by atoms with Gasteiger partial charge in [0.25, 0.3) is 0 Å². The Morgan fingerprint density at radius 3 is 2.50 bits per heavy atom. The van der Waals surface area contributed by atoms with Gasteiger partial charge in [-0.05, 0) is 55.5 Å². The number of aliphatic imine (C=N–C) groups is 1. The summed E-state index contributed by atoms with van der Waals surface area (Å²) in [6, 6.07) is 14.0. The van der Waals surface area contributed by atoms with Crippen LogP contribution in [0.25, 0.3) is 0 Å². The molecule has 0 amide bonds. The van der Waals surface area contributed by atoms with Crippen molar-refractivity contribution in [2.45, 2.75) is 38.5 Å². The van der Waals surface area contributed by atoms with Crippen LogP contribution >= 0.6 is 0 Å². The monoisotopic (exact) mass is 435 g/mol. The van der Waals surface area contributed by atoms with Crippen LogP contribution in [0.2, 0.25) is 0 Å². The zero-order valence-electron chi connectivity index (χ0n) is 18.4. The van der Waals surface area contributed by atoms with E-state index in [0.717, 1.165) is 11.3 Å². The van der Waals surface area contributed by atoms with Gasteiger partial charge in [-0.2, -0.15) is 0 Å². The molecule has 1 heterocycles. The zero-order chi connectivity index (χ0) is 22.8. The summed E-state index contributed by atoms with van der Waals surface area (Å²) in [4.78, 5) is 31.0. The molecule has 32 heavy (non-hydrogen) atoms. The van der Waals surface area contributed by atoms with E-state index in [1.807, 2.05) is 24.3 Å². The van der Waals surface area contributed by atoms with Gasteiger partial charge in [0.1, 0.15) is 17.5 Å². The second kappa shape index (κ2) is 9.07. The summed E-state index contributed by atoms with van der Waals surface area (Å²) in [5.74, 6) is -1.90. The molecule has 166 valence electrons. The maximum atomic E-state index is 14.9. The number of methoxy groups -OCH3 is 1. The number of carbonyl (C=O) groups is 2. The van der Waals surface area contributed by atoms with Gasteiger partial charge in [0.2, 0.25) is 0 Å². The summed E-state index contributed by atoms with van der Waals surface area (Å²) in [6.45, 7) is 3.67. The standard InChI is InChI=1S/C26H26FNO4/c1-4-32-26(30)23-15(2)28-21-13-17(16-9-11-18(31-3)12-10-16)14-22(29)25(21)24(23)19-7-5-6-8-20(19)27/h5-12,17,23-24H,4,13-14H2,1-3H3/t17-,23?,24+/m0/s1. The van der Waals surface area contributed by atoms with Gasteiger partial charge in [0.15, 0.2) is 5.78 Å². The van der Waals surface area contributed by atoms with Gasteiger partial charge >= 0.3 is 5.97 Å². The van der Waals surface area contributed by atoms with E-state index in [4.69, 9.17) is 9.47 Å². The van der Waals surface area contributed by atoms with Crippen LogP contribution < -0.4 is 4.74 Å². The Labute approximate surface area is 187 Å². The van der Waals surface area contributed by atoms with E-state index in [-0.39, 0.29) is 24.7 Å². The van der Waals surface area contributed by atoms with Crippen molar-refractivity contribution in [3.8, 4) is 5.75 Å². The molecule has 0 bridgehead atoms. The molecule has 0 saturated heterocycles. The Morgan fingerprint density at radius 2 is 1.84 bits per heavy atom. The number of ketones is 1. The molecule has 0 saturated carbocycles. The molecule has 0 radical (unpaired) electrons. The van der Waals surface area contributed by atoms with Crippen molar-refractivity contribution in [1.29, 1.82) is 0 Å². The normalized spacial score (nSPS) is 22.8. The first-order valence-electron chi connectivity index (χ1n) is 10.8. The second-order valence-electron chi connectivity index (χ2n) is 8.14. The highest BCUT2D eigenvalue weighted by Gasteiger charge is 2.45. The lowest BCUT2D eigenvalue weighted by Gasteiger charge is -2.36. The van der Waals surface area contributed by atoms with E-state index >= 15 is 0 Å². The zero-order valence-corrected chi connectivity index (χ0v) is 18.4. The molecule has 6 heteroatoms. The summed E-state index contributed by atoms with van der Waals surface area (Å²) >= 11 is 0. The average Bonchev–Trinajstić information content (AvgIpc) is 2.78. The summed E-state index contributed by atoms with van der Waals surface area (Å²) in [6.07, 6.45) is 0.825. The van der Waals surface area contributed by atoms with Gasteiger partial charge in [-0.15, -0.1) is 0 Å². The van der Waals surface area contributed by atoms with Gasteiger partial charge in [0, 0.05) is 29.3 Å². The first kappa shape index (κ1) is 21.9. The van der Waals surface area contributed by atoms with Crippen molar-refractivity contribution < 1.29 is 23.5 Å². The molecule has 0 aromatic heterocycles. The third-order valence-electron chi connectivity index (χ3n) is 6.26. The first-order chi connectivity index (χ1) is 15.4. The van der Waals surface area contributed by atoms with E-state index < -0.39 is 23.6 Å². The number of halogens is 1. The van der Waals surface area contributed by atoms with E-state index in [1.54, 1.807) is 39.2 Å². The molecule has 0 fully saturated rings. The smallest absolute Gasteiger partial charge is 0.315 e. The van der Waals surface area contributed by atoms with E-state index in [2.05, 4.69) is 4.99 Å². The van der Waals surface area contributed by atoms with E-state index in [1.165, 1.54) is 6.07 Å². The highest BCUT2D eigenvalue weighted by Crippen LogP contribution is 2.47. The van der Waals surface area contributed by atoms with E-state index in [9.17, 15) is 14.0 Å². The Hall–Kier alpha value is -3.28. The molecular weight excluding hydrogens is 409 g/mol. The number of esters is 1. The maximum Gasteiger partial charge on any atom is 0.315 e. The van der Waals surface area contributed by atoms with Crippen LogP contribution in [0.5, 0.6) is 5.75 Å².